The van der Waals surface area contributed by atoms with Crippen molar-refractivity contribution in [2.75, 3.05) is 5.32 Å². The van der Waals surface area contributed by atoms with Crippen molar-refractivity contribution in [1.29, 1.82) is 0 Å². The number of rotatable bonds is 3. The fourth-order valence-corrected chi connectivity index (χ4v) is 4.24. The fraction of sp³-hybridized carbons (Fsp3) is 0.318. The maximum atomic E-state index is 12.9. The van der Waals surface area contributed by atoms with E-state index in [1.165, 1.54) is 0 Å². The Balaban J connectivity index is 1.39. The highest BCUT2D eigenvalue weighted by Gasteiger charge is 2.44. The molecule has 8 heteroatoms. The monoisotopic (exact) mass is 424 g/mol. The largest absolute Gasteiger partial charge is 0.448 e. The third-order valence-corrected chi connectivity index (χ3v) is 5.74. The van der Waals surface area contributed by atoms with E-state index in [1.54, 1.807) is 28.9 Å². The molecule has 2 aromatic heterocycles. The van der Waals surface area contributed by atoms with Crippen molar-refractivity contribution >= 4 is 23.2 Å². The molecule has 1 aliphatic carbocycles. The second-order valence-electron chi connectivity index (χ2n) is 7.78. The van der Waals surface area contributed by atoms with Gasteiger partial charge in [0.2, 0.25) is 0 Å². The van der Waals surface area contributed by atoms with Crippen LogP contribution in [0.25, 0.3) is 5.82 Å². The van der Waals surface area contributed by atoms with Gasteiger partial charge in [-0.25, -0.2) is 9.67 Å². The summed E-state index contributed by atoms with van der Waals surface area (Å²) >= 11 is 6.27. The molecule has 0 bridgehead atoms. The predicted octanol–water partition coefficient (Wildman–Crippen LogP) is 4.83. The first-order valence-electron chi connectivity index (χ1n) is 9.96. The van der Waals surface area contributed by atoms with Crippen LogP contribution in [-0.4, -0.2) is 26.5 Å². The second-order valence-corrected chi connectivity index (χ2v) is 8.18. The minimum atomic E-state index is -0.538. The van der Waals surface area contributed by atoms with Gasteiger partial charge in [0.25, 0.3) is 11.7 Å². The molecule has 1 saturated carbocycles. The van der Waals surface area contributed by atoms with E-state index in [0.717, 1.165) is 37.1 Å². The highest BCUT2D eigenvalue weighted by Crippen LogP contribution is 2.47. The average Bonchev–Trinajstić information content (AvgIpc) is 3.40. The molecule has 1 amide bonds. The lowest BCUT2D eigenvalue weighted by molar-refractivity contribution is -0.0716. The Labute approximate surface area is 179 Å². The molecule has 2 aliphatic rings. The zero-order valence-electron chi connectivity index (χ0n) is 16.7. The van der Waals surface area contributed by atoms with Crippen LogP contribution >= 0.6 is 11.6 Å². The Kier molecular flexibility index (Phi) is 4.43. The number of pyridine rings is 1. The van der Waals surface area contributed by atoms with Gasteiger partial charge >= 0.3 is 0 Å². The molecule has 0 atom stereocenters. The minimum absolute atomic E-state index is 0.131. The first kappa shape index (κ1) is 18.9. The maximum absolute atomic E-state index is 12.9. The van der Waals surface area contributed by atoms with Gasteiger partial charge in [0.1, 0.15) is 5.69 Å². The van der Waals surface area contributed by atoms with Crippen LogP contribution in [0.15, 0.2) is 36.4 Å². The average molecular weight is 425 g/mol. The molecular weight excluding hydrogens is 404 g/mol. The van der Waals surface area contributed by atoms with Crippen LogP contribution in [0.2, 0.25) is 5.02 Å². The summed E-state index contributed by atoms with van der Waals surface area (Å²) in [6.07, 6.45) is 3.94. The Morgan fingerprint density at radius 2 is 1.87 bits per heavy atom. The lowest BCUT2D eigenvalue weighted by Gasteiger charge is -2.21. The summed E-state index contributed by atoms with van der Waals surface area (Å²) in [4.78, 5) is 17.3. The van der Waals surface area contributed by atoms with E-state index >= 15 is 0 Å². The van der Waals surface area contributed by atoms with E-state index in [9.17, 15) is 4.79 Å². The molecule has 0 unspecified atom stereocenters. The van der Waals surface area contributed by atoms with Gasteiger partial charge < -0.3 is 14.8 Å². The van der Waals surface area contributed by atoms with E-state index in [4.69, 9.17) is 21.1 Å². The number of anilines is 1. The van der Waals surface area contributed by atoms with E-state index in [0.29, 0.717) is 23.0 Å². The van der Waals surface area contributed by atoms with Crippen LogP contribution in [-0.2, 0) is 0 Å². The van der Waals surface area contributed by atoms with Crippen LogP contribution < -0.4 is 14.8 Å². The number of carbonyl (C=O) groups is 1. The van der Waals surface area contributed by atoms with Gasteiger partial charge in [-0.15, -0.1) is 0 Å². The lowest BCUT2D eigenvalue weighted by atomic mass is 10.2. The summed E-state index contributed by atoms with van der Waals surface area (Å²) in [5.41, 5.74) is 2.51. The summed E-state index contributed by atoms with van der Waals surface area (Å²) in [6.45, 7) is 3.84. The summed E-state index contributed by atoms with van der Waals surface area (Å²) in [5, 5.41) is 7.54. The first-order valence-corrected chi connectivity index (χ1v) is 10.3. The number of benzene rings is 1. The Bertz CT molecular complexity index is 1150. The minimum Gasteiger partial charge on any atom is -0.448 e. The number of halogens is 1. The zero-order valence-corrected chi connectivity index (χ0v) is 17.5. The van der Waals surface area contributed by atoms with Crippen LogP contribution in [0, 0.1) is 13.8 Å². The standard InChI is InChI=1S/C22H21ClN4O3/c1-13-11-14(2)27(26-13)19-8-6-16(23)20(25-19)21(28)24-15-5-7-17-18(12-15)30-22(29-17)9-3-4-10-22/h5-8,11-12H,3-4,9-10H2,1-2H3,(H,24,28). The molecule has 1 fully saturated rings. The van der Waals surface area contributed by atoms with Crippen molar-refractivity contribution in [1.82, 2.24) is 14.8 Å². The van der Waals surface area contributed by atoms with Gasteiger partial charge in [0.05, 0.1) is 10.7 Å². The molecule has 154 valence electrons. The number of aromatic nitrogens is 3. The van der Waals surface area contributed by atoms with Crippen molar-refractivity contribution < 1.29 is 14.3 Å². The van der Waals surface area contributed by atoms with E-state index < -0.39 is 11.7 Å². The summed E-state index contributed by atoms with van der Waals surface area (Å²) in [7, 11) is 0. The zero-order chi connectivity index (χ0) is 20.9. The van der Waals surface area contributed by atoms with Gasteiger partial charge in [-0.3, -0.25) is 4.79 Å². The van der Waals surface area contributed by atoms with Crippen molar-refractivity contribution in [2.45, 2.75) is 45.3 Å². The van der Waals surface area contributed by atoms with E-state index in [-0.39, 0.29) is 10.7 Å². The highest BCUT2D eigenvalue weighted by atomic mass is 35.5. The summed E-state index contributed by atoms with van der Waals surface area (Å²) in [6, 6.07) is 10.7. The van der Waals surface area contributed by atoms with Crippen molar-refractivity contribution in [3.63, 3.8) is 0 Å². The number of hydrogen-bond donors (Lipinski definition) is 1. The molecule has 5 rings (SSSR count). The molecule has 1 spiro atoms. The molecule has 1 aromatic carbocycles. The first-order chi connectivity index (χ1) is 14.4. The number of ether oxygens (including phenoxy) is 2. The number of nitrogens with one attached hydrogen (secondary N) is 1. The van der Waals surface area contributed by atoms with Gasteiger partial charge in [0, 0.05) is 30.3 Å². The third-order valence-electron chi connectivity index (χ3n) is 5.43. The van der Waals surface area contributed by atoms with Gasteiger partial charge in [0.15, 0.2) is 17.3 Å². The van der Waals surface area contributed by atoms with Crippen molar-refractivity contribution in [2.24, 2.45) is 0 Å². The number of carbonyl (C=O) groups excluding carboxylic acids is 1. The molecule has 7 nitrogen and oxygen atoms in total. The number of aryl methyl sites for hydroxylation is 2. The fourth-order valence-electron chi connectivity index (χ4n) is 4.05. The number of hydrogen-bond acceptors (Lipinski definition) is 5. The molecule has 3 heterocycles. The summed E-state index contributed by atoms with van der Waals surface area (Å²) < 4.78 is 13.8. The Morgan fingerprint density at radius 3 is 2.60 bits per heavy atom. The van der Waals surface area contributed by atoms with Crippen LogP contribution in [0.1, 0.15) is 47.6 Å². The smallest absolute Gasteiger partial charge is 0.275 e. The molecule has 1 aliphatic heterocycles. The Hall–Kier alpha value is -3.06. The SMILES string of the molecule is Cc1cc(C)n(-c2ccc(Cl)c(C(=O)Nc3ccc4c(c3)OC3(CCCC3)O4)n2)n1. The van der Waals surface area contributed by atoms with Crippen molar-refractivity contribution in [3.05, 3.63) is 58.5 Å². The predicted molar refractivity (Wildman–Crippen MR) is 113 cm³/mol. The maximum Gasteiger partial charge on any atom is 0.275 e. The van der Waals surface area contributed by atoms with E-state index in [1.807, 2.05) is 26.0 Å². The molecule has 0 saturated heterocycles. The van der Waals surface area contributed by atoms with Gasteiger partial charge in [-0.05, 0) is 57.0 Å². The molecule has 3 aromatic rings. The number of amides is 1. The number of nitrogens with zero attached hydrogens (tertiary/aromatic N) is 3. The quantitative estimate of drug-likeness (QED) is 0.651. The van der Waals surface area contributed by atoms with Crippen molar-refractivity contribution in [3.8, 4) is 17.3 Å². The second kappa shape index (κ2) is 7.02. The molecule has 30 heavy (non-hydrogen) atoms. The van der Waals surface area contributed by atoms with Gasteiger partial charge in [-0.2, -0.15) is 5.10 Å². The van der Waals surface area contributed by atoms with Crippen LogP contribution in [0.4, 0.5) is 5.69 Å². The van der Waals surface area contributed by atoms with E-state index in [2.05, 4.69) is 15.4 Å². The van der Waals surface area contributed by atoms with Crippen LogP contribution in [0.5, 0.6) is 11.5 Å². The molecule has 0 radical (unpaired) electrons. The normalized spacial score (nSPS) is 16.2. The Morgan fingerprint density at radius 1 is 1.10 bits per heavy atom. The lowest BCUT2D eigenvalue weighted by Crippen LogP contribution is -2.34. The topological polar surface area (TPSA) is 78.3 Å². The molecule has 1 N–H and O–H groups in total. The third kappa shape index (κ3) is 3.29. The van der Waals surface area contributed by atoms with Gasteiger partial charge in [-0.1, -0.05) is 11.6 Å². The van der Waals surface area contributed by atoms with Crippen LogP contribution in [0.3, 0.4) is 0 Å². The summed E-state index contributed by atoms with van der Waals surface area (Å²) in [5.74, 6) is 0.939. The number of fused-ring (bicyclic) bond motifs is 1. The molecular formula is C22H21ClN4O3. The highest BCUT2D eigenvalue weighted by molar-refractivity contribution is 6.34.